The van der Waals surface area contributed by atoms with Crippen molar-refractivity contribution < 1.29 is 9.59 Å². The zero-order valence-electron chi connectivity index (χ0n) is 18.4. The van der Waals surface area contributed by atoms with Crippen molar-refractivity contribution in [3.05, 3.63) is 94.1 Å². The molecule has 6 heteroatoms. The molecule has 1 N–H and O–H groups in total. The summed E-state index contributed by atoms with van der Waals surface area (Å²) in [6, 6.07) is 20.4. The lowest BCUT2D eigenvalue weighted by Crippen LogP contribution is -2.33. The van der Waals surface area contributed by atoms with Gasteiger partial charge in [-0.25, -0.2) is 4.90 Å². The van der Waals surface area contributed by atoms with Crippen LogP contribution in [0.1, 0.15) is 16.7 Å². The number of amides is 2. The van der Waals surface area contributed by atoms with Gasteiger partial charge in [0.05, 0.1) is 11.3 Å². The fourth-order valence-electron chi connectivity index (χ4n) is 3.71. The Balaban J connectivity index is 1.80. The molecule has 0 spiro atoms. The summed E-state index contributed by atoms with van der Waals surface area (Å²) in [7, 11) is 3.93. The minimum Gasteiger partial charge on any atom is -0.378 e. The van der Waals surface area contributed by atoms with E-state index in [0.29, 0.717) is 21.8 Å². The van der Waals surface area contributed by atoms with Gasteiger partial charge < -0.3 is 10.2 Å². The SMILES string of the molecule is Cc1ccc(C2=C(Nc3ccc(N(C)C)cc3)C(=O)N(c3ccc(Cl)cc3C)C2=O)cc1. The van der Waals surface area contributed by atoms with Crippen molar-refractivity contribution in [2.75, 3.05) is 29.2 Å². The van der Waals surface area contributed by atoms with Crippen LogP contribution in [-0.2, 0) is 9.59 Å². The summed E-state index contributed by atoms with van der Waals surface area (Å²) in [6.45, 7) is 3.81. The van der Waals surface area contributed by atoms with Crippen molar-refractivity contribution in [3.63, 3.8) is 0 Å². The number of hydrogen-bond acceptors (Lipinski definition) is 4. The van der Waals surface area contributed by atoms with E-state index in [9.17, 15) is 9.59 Å². The second-order valence-electron chi connectivity index (χ2n) is 8.06. The predicted molar refractivity (Wildman–Crippen MR) is 131 cm³/mol. The fraction of sp³-hybridized carbons (Fsp3) is 0.154. The first-order valence-electron chi connectivity index (χ1n) is 10.3. The van der Waals surface area contributed by atoms with Crippen molar-refractivity contribution in [1.29, 1.82) is 0 Å². The van der Waals surface area contributed by atoms with Crippen molar-refractivity contribution in [3.8, 4) is 0 Å². The number of imide groups is 1. The zero-order valence-corrected chi connectivity index (χ0v) is 19.2. The first kappa shape index (κ1) is 21.7. The van der Waals surface area contributed by atoms with E-state index in [2.05, 4.69) is 5.32 Å². The maximum absolute atomic E-state index is 13.6. The highest BCUT2D eigenvalue weighted by Crippen LogP contribution is 2.36. The molecule has 0 aromatic heterocycles. The summed E-state index contributed by atoms with van der Waals surface area (Å²) in [6.07, 6.45) is 0. The summed E-state index contributed by atoms with van der Waals surface area (Å²) in [5.74, 6) is -0.760. The Morgan fingerprint density at radius 3 is 2.09 bits per heavy atom. The quantitative estimate of drug-likeness (QED) is 0.533. The number of nitrogens with one attached hydrogen (secondary N) is 1. The molecular weight excluding hydrogens is 422 g/mol. The molecule has 1 aliphatic rings. The van der Waals surface area contributed by atoms with Crippen molar-refractivity contribution >= 4 is 46.1 Å². The number of hydrogen-bond donors (Lipinski definition) is 1. The lowest BCUT2D eigenvalue weighted by Gasteiger charge is -2.18. The highest BCUT2D eigenvalue weighted by Gasteiger charge is 2.40. The van der Waals surface area contributed by atoms with Crippen LogP contribution in [-0.4, -0.2) is 25.9 Å². The third-order valence-corrected chi connectivity index (χ3v) is 5.71. The lowest BCUT2D eigenvalue weighted by atomic mass is 10.0. The molecular formula is C26H24ClN3O2. The van der Waals surface area contributed by atoms with Gasteiger partial charge in [-0.1, -0.05) is 41.4 Å². The van der Waals surface area contributed by atoms with Crippen LogP contribution in [0.3, 0.4) is 0 Å². The van der Waals surface area contributed by atoms with Crippen LogP contribution in [0.5, 0.6) is 0 Å². The van der Waals surface area contributed by atoms with Gasteiger partial charge in [0.25, 0.3) is 11.8 Å². The van der Waals surface area contributed by atoms with Crippen molar-refractivity contribution in [2.45, 2.75) is 13.8 Å². The van der Waals surface area contributed by atoms with Crippen LogP contribution in [0.15, 0.2) is 72.4 Å². The average Bonchev–Trinajstić information content (AvgIpc) is 2.99. The molecule has 2 amide bonds. The second kappa shape index (κ2) is 8.52. The Bertz CT molecular complexity index is 1230. The first-order chi connectivity index (χ1) is 15.3. The van der Waals surface area contributed by atoms with Gasteiger partial charge in [0.2, 0.25) is 0 Å². The molecule has 0 fully saturated rings. The molecule has 0 unspecified atom stereocenters. The van der Waals surface area contributed by atoms with Crippen LogP contribution in [0, 0.1) is 13.8 Å². The number of aryl methyl sites for hydroxylation is 2. The highest BCUT2D eigenvalue weighted by molar-refractivity contribution is 6.46. The molecule has 3 aromatic carbocycles. The van der Waals surface area contributed by atoms with Gasteiger partial charge in [0.15, 0.2) is 0 Å². The van der Waals surface area contributed by atoms with E-state index in [1.165, 1.54) is 4.90 Å². The highest BCUT2D eigenvalue weighted by atomic mass is 35.5. The van der Waals surface area contributed by atoms with Gasteiger partial charge in [-0.3, -0.25) is 9.59 Å². The van der Waals surface area contributed by atoms with E-state index in [1.807, 2.05) is 81.4 Å². The summed E-state index contributed by atoms with van der Waals surface area (Å²) in [4.78, 5) is 30.3. The number of benzene rings is 3. The summed E-state index contributed by atoms with van der Waals surface area (Å²) in [5.41, 5.74) is 5.40. The standard InChI is InChI=1S/C26H24ClN3O2/c1-16-5-7-18(8-6-16)23-24(28-20-10-12-21(13-11-20)29(3)4)26(32)30(25(23)31)22-14-9-19(27)15-17(22)2/h5-15,28H,1-4H3. The third kappa shape index (κ3) is 3.99. The van der Waals surface area contributed by atoms with Crippen LogP contribution in [0.2, 0.25) is 5.02 Å². The van der Waals surface area contributed by atoms with E-state index in [0.717, 1.165) is 22.5 Å². The van der Waals surface area contributed by atoms with Crippen LogP contribution >= 0.6 is 11.6 Å². The van der Waals surface area contributed by atoms with Crippen LogP contribution < -0.4 is 15.1 Å². The maximum Gasteiger partial charge on any atom is 0.282 e. The maximum atomic E-state index is 13.6. The summed E-state index contributed by atoms with van der Waals surface area (Å²) >= 11 is 6.09. The van der Waals surface area contributed by atoms with Gasteiger partial charge in [-0.15, -0.1) is 0 Å². The number of anilines is 3. The number of carbonyl (C=O) groups excluding carboxylic acids is 2. The number of nitrogens with zero attached hydrogens (tertiary/aromatic N) is 2. The molecule has 0 aliphatic carbocycles. The van der Waals surface area contributed by atoms with E-state index in [4.69, 9.17) is 11.6 Å². The van der Waals surface area contributed by atoms with E-state index < -0.39 is 5.91 Å². The van der Waals surface area contributed by atoms with E-state index in [-0.39, 0.29) is 11.6 Å². The third-order valence-electron chi connectivity index (χ3n) is 5.48. The number of rotatable bonds is 5. The Morgan fingerprint density at radius 1 is 0.844 bits per heavy atom. The van der Waals surface area contributed by atoms with Crippen LogP contribution in [0.4, 0.5) is 17.1 Å². The Hall–Kier alpha value is -3.57. The molecule has 0 saturated carbocycles. The van der Waals surface area contributed by atoms with Gasteiger partial charge in [-0.05, 0) is 67.4 Å². The Kier molecular flexibility index (Phi) is 5.76. The normalized spacial score (nSPS) is 13.7. The molecule has 3 aromatic rings. The molecule has 32 heavy (non-hydrogen) atoms. The smallest absolute Gasteiger partial charge is 0.282 e. The summed E-state index contributed by atoms with van der Waals surface area (Å²) in [5, 5.41) is 3.76. The van der Waals surface area contributed by atoms with E-state index in [1.54, 1.807) is 18.2 Å². The van der Waals surface area contributed by atoms with Gasteiger partial charge in [0.1, 0.15) is 5.70 Å². The summed E-state index contributed by atoms with van der Waals surface area (Å²) < 4.78 is 0. The zero-order chi connectivity index (χ0) is 23.0. The second-order valence-corrected chi connectivity index (χ2v) is 8.50. The monoisotopic (exact) mass is 445 g/mol. The molecule has 0 radical (unpaired) electrons. The number of halogens is 1. The molecule has 0 saturated heterocycles. The molecule has 0 atom stereocenters. The Morgan fingerprint density at radius 2 is 1.50 bits per heavy atom. The predicted octanol–water partition coefficient (Wildman–Crippen LogP) is 5.42. The fourth-order valence-corrected chi connectivity index (χ4v) is 3.94. The molecule has 5 nitrogen and oxygen atoms in total. The Labute approximate surface area is 192 Å². The first-order valence-corrected chi connectivity index (χ1v) is 10.6. The topological polar surface area (TPSA) is 52.7 Å². The minimum atomic E-state index is -0.396. The largest absolute Gasteiger partial charge is 0.378 e. The van der Waals surface area contributed by atoms with Crippen molar-refractivity contribution in [1.82, 2.24) is 0 Å². The molecule has 4 rings (SSSR count). The number of carbonyl (C=O) groups is 2. The average molecular weight is 446 g/mol. The molecule has 1 heterocycles. The van der Waals surface area contributed by atoms with Crippen molar-refractivity contribution in [2.24, 2.45) is 0 Å². The van der Waals surface area contributed by atoms with Gasteiger partial charge >= 0.3 is 0 Å². The van der Waals surface area contributed by atoms with E-state index >= 15 is 0 Å². The molecule has 1 aliphatic heterocycles. The minimum absolute atomic E-state index is 0.255. The molecule has 0 bridgehead atoms. The van der Waals surface area contributed by atoms with Gasteiger partial charge in [-0.2, -0.15) is 0 Å². The lowest BCUT2D eigenvalue weighted by molar-refractivity contribution is -0.120. The van der Waals surface area contributed by atoms with Crippen LogP contribution in [0.25, 0.3) is 5.57 Å². The van der Waals surface area contributed by atoms with Gasteiger partial charge in [0, 0.05) is 30.5 Å². The molecule has 162 valence electrons.